The molecule has 2 fully saturated rings. The van der Waals surface area contributed by atoms with Gasteiger partial charge in [-0.05, 0) is 12.8 Å². The van der Waals surface area contributed by atoms with Crippen LogP contribution in [0.1, 0.15) is 19.8 Å². The first-order valence-electron chi connectivity index (χ1n) is 3.62. The largest absolute Gasteiger partial charge is 0.431 e. The average molecular weight is 138 g/mol. The van der Waals surface area contributed by atoms with Gasteiger partial charge in [-0.15, -0.1) is 0 Å². The van der Waals surface area contributed by atoms with Gasteiger partial charge < -0.3 is 4.74 Å². The SMILES string of the molecule is C=C1OC(=O)C2(CC)CC12. The number of hydrogen-bond donors (Lipinski definition) is 0. The number of allylic oxidation sites excluding steroid dienone is 1. The van der Waals surface area contributed by atoms with Gasteiger partial charge >= 0.3 is 5.97 Å². The van der Waals surface area contributed by atoms with Crippen LogP contribution in [-0.4, -0.2) is 5.97 Å². The Labute approximate surface area is 59.9 Å². The predicted octanol–water partition coefficient (Wildman–Crippen LogP) is 1.47. The summed E-state index contributed by atoms with van der Waals surface area (Å²) in [4.78, 5) is 11.1. The van der Waals surface area contributed by atoms with E-state index < -0.39 is 0 Å². The first-order chi connectivity index (χ1) is 4.70. The normalized spacial score (nSPS) is 43.1. The van der Waals surface area contributed by atoms with Gasteiger partial charge in [-0.2, -0.15) is 0 Å². The number of rotatable bonds is 1. The fourth-order valence-corrected chi connectivity index (χ4v) is 1.78. The van der Waals surface area contributed by atoms with Crippen molar-refractivity contribution in [1.82, 2.24) is 0 Å². The Morgan fingerprint density at radius 3 is 2.80 bits per heavy atom. The minimum absolute atomic E-state index is 0.0509. The van der Waals surface area contributed by atoms with E-state index in [4.69, 9.17) is 4.74 Å². The monoisotopic (exact) mass is 138 g/mol. The van der Waals surface area contributed by atoms with Crippen LogP contribution in [0.2, 0.25) is 0 Å². The Hall–Kier alpha value is -0.790. The lowest BCUT2D eigenvalue weighted by Crippen LogP contribution is -2.11. The Morgan fingerprint density at radius 1 is 1.90 bits per heavy atom. The first kappa shape index (κ1) is 5.96. The maximum absolute atomic E-state index is 11.1. The second kappa shape index (κ2) is 1.44. The fourth-order valence-electron chi connectivity index (χ4n) is 1.78. The number of cyclic esters (lactones) is 1. The molecule has 54 valence electrons. The quantitative estimate of drug-likeness (QED) is 0.513. The van der Waals surface area contributed by atoms with Crippen LogP contribution < -0.4 is 0 Å². The van der Waals surface area contributed by atoms with E-state index in [1.807, 2.05) is 6.92 Å². The summed E-state index contributed by atoms with van der Waals surface area (Å²) in [7, 11) is 0. The van der Waals surface area contributed by atoms with Crippen molar-refractivity contribution in [2.24, 2.45) is 11.3 Å². The van der Waals surface area contributed by atoms with Crippen molar-refractivity contribution in [3.05, 3.63) is 12.3 Å². The molecule has 0 aromatic carbocycles. The Morgan fingerprint density at radius 2 is 2.60 bits per heavy atom. The van der Waals surface area contributed by atoms with Gasteiger partial charge in [-0.3, -0.25) is 4.79 Å². The average Bonchev–Trinajstić information content (AvgIpc) is 2.57. The standard InChI is InChI=1S/C8H10O2/c1-3-8-4-6(8)5(2)10-7(8)9/h6H,2-4H2,1H3. The molecular weight excluding hydrogens is 128 g/mol. The molecule has 0 amide bonds. The molecule has 1 saturated carbocycles. The minimum Gasteiger partial charge on any atom is -0.431 e. The minimum atomic E-state index is -0.128. The molecule has 2 unspecified atom stereocenters. The summed E-state index contributed by atoms with van der Waals surface area (Å²) in [6.45, 7) is 5.70. The summed E-state index contributed by atoms with van der Waals surface area (Å²) < 4.78 is 4.88. The Balaban J connectivity index is 2.31. The van der Waals surface area contributed by atoms with E-state index in [9.17, 15) is 4.79 Å². The van der Waals surface area contributed by atoms with E-state index in [-0.39, 0.29) is 11.4 Å². The summed E-state index contributed by atoms with van der Waals surface area (Å²) in [5, 5.41) is 0. The number of carbonyl (C=O) groups is 1. The van der Waals surface area contributed by atoms with Crippen molar-refractivity contribution in [1.29, 1.82) is 0 Å². The zero-order valence-electron chi connectivity index (χ0n) is 6.02. The van der Waals surface area contributed by atoms with Crippen molar-refractivity contribution in [2.45, 2.75) is 19.8 Å². The lowest BCUT2D eigenvalue weighted by Gasteiger charge is -2.02. The smallest absolute Gasteiger partial charge is 0.317 e. The summed E-state index contributed by atoms with van der Waals surface area (Å²) in [6.07, 6.45) is 1.87. The molecule has 1 saturated heterocycles. The highest BCUT2D eigenvalue weighted by Crippen LogP contribution is 2.63. The molecule has 2 nitrogen and oxygen atoms in total. The number of esters is 1. The van der Waals surface area contributed by atoms with E-state index in [1.165, 1.54) is 0 Å². The molecule has 0 N–H and O–H groups in total. The summed E-state index contributed by atoms with van der Waals surface area (Å²) in [5.41, 5.74) is -0.128. The highest BCUT2D eigenvalue weighted by Gasteiger charge is 2.66. The summed E-state index contributed by atoms with van der Waals surface area (Å²) in [6, 6.07) is 0. The van der Waals surface area contributed by atoms with Crippen LogP contribution in [0.3, 0.4) is 0 Å². The van der Waals surface area contributed by atoms with E-state index in [2.05, 4.69) is 6.58 Å². The van der Waals surface area contributed by atoms with Crippen LogP contribution in [0.4, 0.5) is 0 Å². The zero-order valence-corrected chi connectivity index (χ0v) is 6.02. The van der Waals surface area contributed by atoms with E-state index in [0.717, 1.165) is 12.8 Å². The molecule has 10 heavy (non-hydrogen) atoms. The third-order valence-corrected chi connectivity index (χ3v) is 2.73. The Kier molecular flexibility index (Phi) is 0.858. The van der Waals surface area contributed by atoms with Crippen LogP contribution in [0.15, 0.2) is 12.3 Å². The lowest BCUT2D eigenvalue weighted by molar-refractivity contribution is -0.142. The first-order valence-corrected chi connectivity index (χ1v) is 3.62. The highest BCUT2D eigenvalue weighted by atomic mass is 16.5. The van der Waals surface area contributed by atoms with Gasteiger partial charge in [0.2, 0.25) is 0 Å². The maximum atomic E-state index is 11.1. The highest BCUT2D eigenvalue weighted by molar-refractivity contribution is 5.85. The third kappa shape index (κ3) is 0.437. The molecule has 0 radical (unpaired) electrons. The summed E-state index contributed by atoms with van der Waals surface area (Å²) >= 11 is 0. The maximum Gasteiger partial charge on any atom is 0.317 e. The molecule has 2 heteroatoms. The lowest BCUT2D eigenvalue weighted by atomic mass is 10.0. The van der Waals surface area contributed by atoms with E-state index in [1.54, 1.807) is 0 Å². The van der Waals surface area contributed by atoms with Gasteiger partial charge in [-0.1, -0.05) is 13.5 Å². The third-order valence-electron chi connectivity index (χ3n) is 2.73. The van der Waals surface area contributed by atoms with Crippen LogP contribution in [0.5, 0.6) is 0 Å². The van der Waals surface area contributed by atoms with E-state index in [0.29, 0.717) is 11.7 Å². The molecule has 2 rings (SSSR count). The molecule has 2 atom stereocenters. The topological polar surface area (TPSA) is 26.3 Å². The number of hydrogen-bond acceptors (Lipinski definition) is 2. The molecule has 0 aromatic rings. The van der Waals surface area contributed by atoms with Crippen LogP contribution in [0.25, 0.3) is 0 Å². The fraction of sp³-hybridized carbons (Fsp3) is 0.625. The van der Waals surface area contributed by atoms with Gasteiger partial charge in [0, 0.05) is 5.92 Å². The van der Waals surface area contributed by atoms with Crippen molar-refractivity contribution in [3.8, 4) is 0 Å². The van der Waals surface area contributed by atoms with Crippen molar-refractivity contribution >= 4 is 5.97 Å². The summed E-state index contributed by atoms with van der Waals surface area (Å²) in [5.74, 6) is 0.988. The van der Waals surface area contributed by atoms with Crippen molar-refractivity contribution in [2.75, 3.05) is 0 Å². The molecule has 0 spiro atoms. The molecule has 1 heterocycles. The van der Waals surface area contributed by atoms with Gasteiger partial charge in [0.15, 0.2) is 0 Å². The van der Waals surface area contributed by atoms with E-state index >= 15 is 0 Å². The van der Waals surface area contributed by atoms with Crippen LogP contribution in [-0.2, 0) is 9.53 Å². The number of carbonyl (C=O) groups excluding carboxylic acids is 1. The number of fused-ring (bicyclic) bond motifs is 1. The molecular formula is C8H10O2. The second-order valence-corrected chi connectivity index (χ2v) is 3.12. The molecule has 0 aromatic heterocycles. The predicted molar refractivity (Wildman–Crippen MR) is 36.1 cm³/mol. The van der Waals surface area contributed by atoms with Crippen LogP contribution in [0, 0.1) is 11.3 Å². The molecule has 1 aliphatic heterocycles. The number of ether oxygens (including phenoxy) is 1. The Bertz CT molecular complexity index is 219. The second-order valence-electron chi connectivity index (χ2n) is 3.12. The van der Waals surface area contributed by atoms with Crippen molar-refractivity contribution in [3.63, 3.8) is 0 Å². The van der Waals surface area contributed by atoms with Gasteiger partial charge in [0.25, 0.3) is 0 Å². The zero-order chi connectivity index (χ0) is 7.35. The molecule has 0 bridgehead atoms. The molecule has 1 aliphatic carbocycles. The van der Waals surface area contributed by atoms with Gasteiger partial charge in [0.1, 0.15) is 5.76 Å². The van der Waals surface area contributed by atoms with Crippen molar-refractivity contribution < 1.29 is 9.53 Å². The van der Waals surface area contributed by atoms with Gasteiger partial charge in [0.05, 0.1) is 5.41 Å². The molecule has 2 aliphatic rings. The van der Waals surface area contributed by atoms with Crippen LogP contribution >= 0.6 is 0 Å². The van der Waals surface area contributed by atoms with Gasteiger partial charge in [-0.25, -0.2) is 0 Å².